The Balaban J connectivity index is 2.55. The van der Waals surface area contributed by atoms with Crippen LogP contribution in [0.5, 0.6) is 0 Å². The van der Waals surface area contributed by atoms with E-state index in [0.717, 1.165) is 16.4 Å². The average Bonchev–Trinajstić information content (AvgIpc) is 2.74. The minimum Gasteiger partial charge on any atom is -0.328 e. The van der Waals surface area contributed by atoms with Crippen molar-refractivity contribution in [1.82, 2.24) is 9.55 Å². The molecule has 0 saturated heterocycles. The topological polar surface area (TPSA) is 43.8 Å². The molecule has 0 bridgehead atoms. The molecule has 0 unspecified atom stereocenters. The second kappa shape index (κ2) is 3.73. The summed E-state index contributed by atoms with van der Waals surface area (Å²) < 4.78 is 1.94. The van der Waals surface area contributed by atoms with Crippen molar-refractivity contribution in [2.45, 2.75) is 6.54 Å². The minimum atomic E-state index is 0.410. The van der Waals surface area contributed by atoms with E-state index in [1.165, 1.54) is 0 Å². The lowest BCUT2D eigenvalue weighted by molar-refractivity contribution is 0.830. The average molecular weight is 228 g/mol. The van der Waals surface area contributed by atoms with Gasteiger partial charge in [0, 0.05) is 13.6 Å². The van der Waals surface area contributed by atoms with Gasteiger partial charge in [-0.25, -0.2) is 4.98 Å². The van der Waals surface area contributed by atoms with Crippen LogP contribution in [-0.2, 0) is 13.6 Å². The van der Waals surface area contributed by atoms with E-state index in [2.05, 4.69) is 4.98 Å². The van der Waals surface area contributed by atoms with Crippen molar-refractivity contribution in [3.05, 3.63) is 28.4 Å². The first-order chi connectivity index (χ1) is 6.74. The van der Waals surface area contributed by atoms with Crippen LogP contribution in [0.4, 0.5) is 0 Å². The zero-order chi connectivity index (χ0) is 10.1. The minimum absolute atomic E-state index is 0.410. The normalized spacial score (nSPS) is 10.8. The van der Waals surface area contributed by atoms with Gasteiger partial charge in [-0.1, -0.05) is 17.7 Å². The summed E-state index contributed by atoms with van der Waals surface area (Å²) in [6, 6.07) is 4.01. The number of imidazole rings is 1. The van der Waals surface area contributed by atoms with Crippen molar-refractivity contribution in [3.63, 3.8) is 0 Å². The lowest BCUT2D eigenvalue weighted by atomic mass is 10.4. The first-order valence-corrected chi connectivity index (χ1v) is 5.45. The first-order valence-electron chi connectivity index (χ1n) is 4.19. The van der Waals surface area contributed by atoms with E-state index in [1.807, 2.05) is 29.1 Å². The van der Waals surface area contributed by atoms with Crippen LogP contribution in [0.25, 0.3) is 10.7 Å². The fourth-order valence-electron chi connectivity index (χ4n) is 1.35. The molecule has 2 aromatic heterocycles. The van der Waals surface area contributed by atoms with Crippen LogP contribution >= 0.6 is 22.9 Å². The summed E-state index contributed by atoms with van der Waals surface area (Å²) in [6.45, 7) is 0.410. The standard InChI is InChI=1S/C9H10ClN3S/c1-13-6(5-11)8(10)12-9(13)7-3-2-4-14-7/h2-4H,5,11H2,1H3. The lowest BCUT2D eigenvalue weighted by Gasteiger charge is -2.01. The molecule has 0 aliphatic rings. The van der Waals surface area contributed by atoms with Gasteiger partial charge in [0.1, 0.15) is 0 Å². The third-order valence-corrected chi connectivity index (χ3v) is 3.27. The zero-order valence-electron chi connectivity index (χ0n) is 7.70. The number of rotatable bonds is 2. The Bertz CT molecular complexity index is 433. The number of hydrogen-bond acceptors (Lipinski definition) is 3. The van der Waals surface area contributed by atoms with Gasteiger partial charge in [0.2, 0.25) is 0 Å². The third-order valence-electron chi connectivity index (χ3n) is 2.10. The fraction of sp³-hybridized carbons (Fsp3) is 0.222. The van der Waals surface area contributed by atoms with E-state index in [9.17, 15) is 0 Å². The SMILES string of the molecule is Cn1c(-c2cccs2)nc(Cl)c1CN. The van der Waals surface area contributed by atoms with E-state index in [0.29, 0.717) is 11.7 Å². The van der Waals surface area contributed by atoms with Crippen molar-refractivity contribution in [3.8, 4) is 10.7 Å². The van der Waals surface area contributed by atoms with Gasteiger partial charge in [-0.15, -0.1) is 11.3 Å². The van der Waals surface area contributed by atoms with Crippen molar-refractivity contribution < 1.29 is 0 Å². The zero-order valence-corrected chi connectivity index (χ0v) is 9.27. The third kappa shape index (κ3) is 1.45. The summed E-state index contributed by atoms with van der Waals surface area (Å²) >= 11 is 7.60. The van der Waals surface area contributed by atoms with Crippen molar-refractivity contribution >= 4 is 22.9 Å². The largest absolute Gasteiger partial charge is 0.328 e. The van der Waals surface area contributed by atoms with Crippen LogP contribution < -0.4 is 5.73 Å². The number of nitrogens with zero attached hydrogens (tertiary/aromatic N) is 2. The van der Waals surface area contributed by atoms with Crippen molar-refractivity contribution in [1.29, 1.82) is 0 Å². The highest BCUT2D eigenvalue weighted by Gasteiger charge is 2.13. The maximum Gasteiger partial charge on any atom is 0.152 e. The highest BCUT2D eigenvalue weighted by molar-refractivity contribution is 7.13. The Morgan fingerprint density at radius 2 is 2.43 bits per heavy atom. The monoisotopic (exact) mass is 227 g/mol. The van der Waals surface area contributed by atoms with Crippen LogP contribution in [0.1, 0.15) is 5.69 Å². The molecule has 2 rings (SSSR count). The molecule has 0 aliphatic carbocycles. The van der Waals surface area contributed by atoms with Gasteiger partial charge in [-0.2, -0.15) is 0 Å². The lowest BCUT2D eigenvalue weighted by Crippen LogP contribution is -2.04. The predicted molar refractivity (Wildman–Crippen MR) is 59.4 cm³/mol. The predicted octanol–water partition coefficient (Wildman–Crippen LogP) is 2.26. The molecule has 0 amide bonds. The van der Waals surface area contributed by atoms with Gasteiger partial charge in [0.15, 0.2) is 11.0 Å². The molecule has 0 aliphatic heterocycles. The summed E-state index contributed by atoms with van der Waals surface area (Å²) in [4.78, 5) is 5.39. The molecule has 0 saturated carbocycles. The van der Waals surface area contributed by atoms with Gasteiger partial charge in [0.25, 0.3) is 0 Å². The number of thiophene rings is 1. The van der Waals surface area contributed by atoms with Crippen molar-refractivity contribution in [2.24, 2.45) is 12.8 Å². The second-order valence-electron chi connectivity index (χ2n) is 2.91. The van der Waals surface area contributed by atoms with E-state index in [4.69, 9.17) is 17.3 Å². The van der Waals surface area contributed by atoms with Crippen LogP contribution in [0.2, 0.25) is 5.15 Å². The highest BCUT2D eigenvalue weighted by Crippen LogP contribution is 2.27. The number of hydrogen-bond donors (Lipinski definition) is 1. The smallest absolute Gasteiger partial charge is 0.152 e. The fourth-order valence-corrected chi connectivity index (χ4v) is 2.38. The molecular formula is C9H10ClN3S. The van der Waals surface area contributed by atoms with Crippen molar-refractivity contribution in [2.75, 3.05) is 0 Å². The number of nitrogens with two attached hydrogens (primary N) is 1. The molecule has 74 valence electrons. The summed E-state index contributed by atoms with van der Waals surface area (Å²) in [5.74, 6) is 0.880. The number of halogens is 1. The molecule has 14 heavy (non-hydrogen) atoms. The maximum absolute atomic E-state index is 5.96. The van der Waals surface area contributed by atoms with Gasteiger partial charge in [0.05, 0.1) is 10.6 Å². The second-order valence-corrected chi connectivity index (χ2v) is 4.22. The summed E-state index contributed by atoms with van der Waals surface area (Å²) in [5, 5.41) is 2.51. The maximum atomic E-state index is 5.96. The Labute approximate surface area is 91.1 Å². The Morgan fingerprint density at radius 3 is 2.93 bits per heavy atom. The van der Waals surface area contributed by atoms with Gasteiger partial charge < -0.3 is 10.3 Å². The highest BCUT2D eigenvalue weighted by atomic mass is 35.5. The molecule has 0 radical (unpaired) electrons. The molecule has 0 fully saturated rings. The molecular weight excluding hydrogens is 218 g/mol. The summed E-state index contributed by atoms with van der Waals surface area (Å²) in [5.41, 5.74) is 6.45. The van der Waals surface area contributed by atoms with E-state index in [1.54, 1.807) is 11.3 Å². The van der Waals surface area contributed by atoms with Crippen LogP contribution in [0.15, 0.2) is 17.5 Å². The first kappa shape index (κ1) is 9.71. The Kier molecular flexibility index (Phi) is 2.58. The van der Waals surface area contributed by atoms with Crippen LogP contribution in [-0.4, -0.2) is 9.55 Å². The van der Waals surface area contributed by atoms with Gasteiger partial charge >= 0.3 is 0 Å². The molecule has 3 nitrogen and oxygen atoms in total. The Morgan fingerprint density at radius 1 is 1.64 bits per heavy atom. The molecule has 0 aromatic carbocycles. The van der Waals surface area contributed by atoms with Gasteiger partial charge in [-0.3, -0.25) is 0 Å². The Hall–Kier alpha value is -0.840. The molecule has 2 heterocycles. The molecule has 2 N–H and O–H groups in total. The molecule has 2 aromatic rings. The molecule has 0 spiro atoms. The molecule has 5 heteroatoms. The summed E-state index contributed by atoms with van der Waals surface area (Å²) in [7, 11) is 1.93. The quantitative estimate of drug-likeness (QED) is 0.856. The van der Waals surface area contributed by atoms with E-state index >= 15 is 0 Å². The van der Waals surface area contributed by atoms with Crippen LogP contribution in [0.3, 0.4) is 0 Å². The van der Waals surface area contributed by atoms with E-state index < -0.39 is 0 Å². The number of aromatic nitrogens is 2. The van der Waals surface area contributed by atoms with E-state index in [-0.39, 0.29) is 0 Å². The molecule has 0 atom stereocenters. The van der Waals surface area contributed by atoms with Crippen LogP contribution in [0, 0.1) is 0 Å². The van der Waals surface area contributed by atoms with Gasteiger partial charge in [-0.05, 0) is 11.4 Å². The summed E-state index contributed by atoms with van der Waals surface area (Å²) in [6.07, 6.45) is 0.